The molecule has 5 heteroatoms. The molecule has 0 saturated heterocycles. The van der Waals surface area contributed by atoms with Gasteiger partial charge in [-0.2, -0.15) is 0 Å². The Bertz CT molecular complexity index is 509. The summed E-state index contributed by atoms with van der Waals surface area (Å²) in [7, 11) is 0. The molecular weight excluding hydrogens is 280 g/mol. The first kappa shape index (κ1) is 16.8. The van der Waals surface area contributed by atoms with Gasteiger partial charge in [-0.15, -0.1) is 0 Å². The first-order chi connectivity index (χ1) is 10.5. The van der Waals surface area contributed by atoms with Gasteiger partial charge in [0.25, 0.3) is 0 Å². The summed E-state index contributed by atoms with van der Waals surface area (Å²) in [4.78, 5) is 5.35. The van der Waals surface area contributed by atoms with Gasteiger partial charge in [0.05, 0.1) is 12.3 Å². The SMILES string of the molecule is CC(C)(C)NCC(O)CO/N=C1/CCCOc2ccccc21. The minimum Gasteiger partial charge on any atom is -0.493 e. The highest BCUT2D eigenvalue weighted by Crippen LogP contribution is 2.24. The number of hydrogen-bond donors (Lipinski definition) is 2. The predicted molar refractivity (Wildman–Crippen MR) is 87.4 cm³/mol. The molecule has 5 nitrogen and oxygen atoms in total. The van der Waals surface area contributed by atoms with Crippen LogP contribution in [-0.4, -0.2) is 42.2 Å². The molecule has 1 aliphatic rings. The molecule has 0 spiro atoms. The van der Waals surface area contributed by atoms with Crippen molar-refractivity contribution in [3.63, 3.8) is 0 Å². The molecule has 0 radical (unpaired) electrons. The van der Waals surface area contributed by atoms with Crippen LogP contribution >= 0.6 is 0 Å². The van der Waals surface area contributed by atoms with Crippen molar-refractivity contribution in [2.24, 2.45) is 5.16 Å². The molecule has 122 valence electrons. The number of rotatable bonds is 5. The van der Waals surface area contributed by atoms with Crippen LogP contribution in [0.25, 0.3) is 0 Å². The molecule has 1 heterocycles. The average Bonchev–Trinajstić information content (AvgIpc) is 2.67. The number of ether oxygens (including phenoxy) is 1. The Hall–Kier alpha value is -1.59. The van der Waals surface area contributed by atoms with Crippen LogP contribution < -0.4 is 10.1 Å². The number of fused-ring (bicyclic) bond motifs is 1. The number of nitrogens with one attached hydrogen (secondary N) is 1. The van der Waals surface area contributed by atoms with E-state index in [0.717, 1.165) is 29.9 Å². The molecule has 1 unspecified atom stereocenters. The fourth-order valence-electron chi connectivity index (χ4n) is 2.17. The van der Waals surface area contributed by atoms with E-state index in [2.05, 4.69) is 31.2 Å². The summed E-state index contributed by atoms with van der Waals surface area (Å²) < 4.78 is 5.69. The number of hydrogen-bond acceptors (Lipinski definition) is 5. The molecule has 0 aliphatic carbocycles. The van der Waals surface area contributed by atoms with Crippen LogP contribution in [0.2, 0.25) is 0 Å². The lowest BCUT2D eigenvalue weighted by Gasteiger charge is -2.22. The predicted octanol–water partition coefficient (Wildman–Crippen LogP) is 2.33. The number of para-hydroxylation sites is 1. The molecule has 0 bridgehead atoms. The van der Waals surface area contributed by atoms with Crippen LogP contribution in [-0.2, 0) is 4.84 Å². The van der Waals surface area contributed by atoms with Crippen molar-refractivity contribution >= 4 is 5.71 Å². The van der Waals surface area contributed by atoms with E-state index in [0.29, 0.717) is 13.2 Å². The summed E-state index contributed by atoms with van der Waals surface area (Å²) in [5.74, 6) is 0.845. The number of nitrogens with zero attached hydrogens (tertiary/aromatic N) is 1. The Kier molecular flexibility index (Phi) is 5.80. The van der Waals surface area contributed by atoms with Gasteiger partial charge in [-0.25, -0.2) is 0 Å². The molecule has 0 amide bonds. The molecule has 1 aliphatic heterocycles. The third kappa shape index (κ3) is 5.31. The van der Waals surface area contributed by atoms with Gasteiger partial charge in [-0.1, -0.05) is 17.3 Å². The van der Waals surface area contributed by atoms with Gasteiger partial charge < -0.3 is 20.0 Å². The van der Waals surface area contributed by atoms with E-state index in [-0.39, 0.29) is 12.1 Å². The fourth-order valence-corrected chi connectivity index (χ4v) is 2.17. The van der Waals surface area contributed by atoms with E-state index in [1.165, 1.54) is 0 Å². The summed E-state index contributed by atoms with van der Waals surface area (Å²) in [6.45, 7) is 7.52. The van der Waals surface area contributed by atoms with Crippen LogP contribution in [0.3, 0.4) is 0 Å². The van der Waals surface area contributed by atoms with Crippen LogP contribution in [0, 0.1) is 0 Å². The van der Waals surface area contributed by atoms with E-state index in [9.17, 15) is 5.11 Å². The van der Waals surface area contributed by atoms with Crippen molar-refractivity contribution in [2.45, 2.75) is 45.3 Å². The van der Waals surface area contributed by atoms with Gasteiger partial charge in [-0.05, 0) is 45.7 Å². The standard InChI is InChI=1S/C17H26N2O3/c1-17(2,3)18-11-13(20)12-22-19-15-8-6-10-21-16-9-5-4-7-14(15)16/h4-5,7,9,13,18,20H,6,8,10-12H2,1-3H3/b19-15-. The van der Waals surface area contributed by atoms with Crippen molar-refractivity contribution in [2.75, 3.05) is 19.8 Å². The Balaban J connectivity index is 1.90. The highest BCUT2D eigenvalue weighted by Gasteiger charge is 2.16. The van der Waals surface area contributed by atoms with Crippen molar-refractivity contribution < 1.29 is 14.7 Å². The molecule has 1 aromatic carbocycles. The maximum Gasteiger partial charge on any atom is 0.144 e. The fraction of sp³-hybridized carbons (Fsp3) is 0.588. The largest absolute Gasteiger partial charge is 0.493 e. The lowest BCUT2D eigenvalue weighted by atomic mass is 10.1. The van der Waals surface area contributed by atoms with E-state index in [4.69, 9.17) is 9.57 Å². The summed E-state index contributed by atoms with van der Waals surface area (Å²) in [6, 6.07) is 7.84. The summed E-state index contributed by atoms with van der Waals surface area (Å²) in [5.41, 5.74) is 1.83. The van der Waals surface area contributed by atoms with Gasteiger partial charge in [0, 0.05) is 17.6 Å². The molecule has 22 heavy (non-hydrogen) atoms. The monoisotopic (exact) mass is 306 g/mol. The molecule has 0 saturated carbocycles. The van der Waals surface area contributed by atoms with E-state index < -0.39 is 6.10 Å². The smallest absolute Gasteiger partial charge is 0.144 e. The molecule has 2 N–H and O–H groups in total. The Morgan fingerprint density at radius 2 is 2.14 bits per heavy atom. The molecule has 0 aromatic heterocycles. The van der Waals surface area contributed by atoms with Crippen molar-refractivity contribution in [1.82, 2.24) is 5.32 Å². The van der Waals surface area contributed by atoms with Gasteiger partial charge in [0.1, 0.15) is 18.5 Å². The summed E-state index contributed by atoms with van der Waals surface area (Å²) >= 11 is 0. The summed E-state index contributed by atoms with van der Waals surface area (Å²) in [5, 5.41) is 17.4. The van der Waals surface area contributed by atoms with Crippen molar-refractivity contribution in [3.05, 3.63) is 29.8 Å². The number of β-amino-alcohol motifs (C(OH)–C–C–N with tert-alkyl or cyclic N) is 1. The highest BCUT2D eigenvalue weighted by atomic mass is 16.6. The van der Waals surface area contributed by atoms with E-state index >= 15 is 0 Å². The van der Waals surface area contributed by atoms with Gasteiger partial charge in [0.15, 0.2) is 0 Å². The highest BCUT2D eigenvalue weighted by molar-refractivity contribution is 6.02. The van der Waals surface area contributed by atoms with Crippen molar-refractivity contribution in [3.8, 4) is 5.75 Å². The summed E-state index contributed by atoms with van der Waals surface area (Å²) in [6.07, 6.45) is 1.14. The number of benzene rings is 1. The minimum absolute atomic E-state index is 0.0234. The Morgan fingerprint density at radius 1 is 1.36 bits per heavy atom. The zero-order valence-corrected chi connectivity index (χ0v) is 13.6. The van der Waals surface area contributed by atoms with Crippen LogP contribution in [0.15, 0.2) is 29.4 Å². The first-order valence-electron chi connectivity index (χ1n) is 7.80. The van der Waals surface area contributed by atoms with Gasteiger partial charge >= 0.3 is 0 Å². The molecule has 0 fully saturated rings. The lowest BCUT2D eigenvalue weighted by Crippen LogP contribution is -2.42. The number of aliphatic hydroxyl groups excluding tert-OH is 1. The van der Waals surface area contributed by atoms with Crippen LogP contribution in [0.4, 0.5) is 0 Å². The Morgan fingerprint density at radius 3 is 2.91 bits per heavy atom. The molecular formula is C17H26N2O3. The van der Waals surface area contributed by atoms with Crippen LogP contribution in [0.5, 0.6) is 5.75 Å². The Labute approximate surface area is 132 Å². The van der Waals surface area contributed by atoms with Crippen LogP contribution in [0.1, 0.15) is 39.2 Å². The maximum atomic E-state index is 9.91. The van der Waals surface area contributed by atoms with Gasteiger partial charge in [-0.3, -0.25) is 0 Å². The van der Waals surface area contributed by atoms with Gasteiger partial charge in [0.2, 0.25) is 0 Å². The second-order valence-electron chi connectivity index (χ2n) is 6.57. The molecule has 2 rings (SSSR count). The molecule has 1 aromatic rings. The minimum atomic E-state index is -0.583. The third-order valence-corrected chi connectivity index (χ3v) is 3.32. The second kappa shape index (κ2) is 7.61. The quantitative estimate of drug-likeness (QED) is 0.820. The second-order valence-corrected chi connectivity index (χ2v) is 6.57. The van der Waals surface area contributed by atoms with E-state index in [1.54, 1.807) is 0 Å². The zero-order chi connectivity index (χ0) is 16.0. The lowest BCUT2D eigenvalue weighted by molar-refractivity contribution is 0.0371. The number of oxime groups is 1. The topological polar surface area (TPSA) is 63.1 Å². The average molecular weight is 306 g/mol. The normalized spacial score (nSPS) is 18.3. The first-order valence-corrected chi connectivity index (χ1v) is 7.80. The zero-order valence-electron chi connectivity index (χ0n) is 13.6. The number of aliphatic hydroxyl groups is 1. The molecule has 1 atom stereocenters. The maximum absolute atomic E-state index is 9.91. The van der Waals surface area contributed by atoms with E-state index in [1.807, 2.05) is 24.3 Å². The third-order valence-electron chi connectivity index (χ3n) is 3.32. The van der Waals surface area contributed by atoms with Crippen molar-refractivity contribution in [1.29, 1.82) is 0 Å².